The van der Waals surface area contributed by atoms with Crippen LogP contribution in [0.1, 0.15) is 28.3 Å². The first-order valence-corrected chi connectivity index (χ1v) is 8.61. The average Bonchev–Trinajstić information content (AvgIpc) is 2.67. The summed E-state index contributed by atoms with van der Waals surface area (Å²) in [5, 5.41) is 13.3. The fourth-order valence-electron chi connectivity index (χ4n) is 3.37. The molecular formula is C22H21NO2. The molecule has 1 unspecified atom stereocenters. The van der Waals surface area contributed by atoms with Gasteiger partial charge in [-0.25, -0.2) is 0 Å². The largest absolute Gasteiger partial charge is 0.508 e. The van der Waals surface area contributed by atoms with E-state index in [-0.39, 0.29) is 6.04 Å². The van der Waals surface area contributed by atoms with Crippen LogP contribution < -0.4 is 10.1 Å². The second-order valence-corrected chi connectivity index (χ2v) is 6.37. The average molecular weight is 331 g/mol. The molecule has 0 aliphatic carbocycles. The van der Waals surface area contributed by atoms with Crippen LogP contribution in [0.2, 0.25) is 0 Å². The lowest BCUT2D eigenvalue weighted by molar-refractivity contribution is 0.305. The van der Waals surface area contributed by atoms with Crippen LogP contribution in [0.4, 0.5) is 0 Å². The van der Waals surface area contributed by atoms with E-state index in [1.165, 1.54) is 16.7 Å². The van der Waals surface area contributed by atoms with Crippen LogP contribution in [0.3, 0.4) is 0 Å². The summed E-state index contributed by atoms with van der Waals surface area (Å²) in [6.07, 6.45) is 0.935. The van der Waals surface area contributed by atoms with Crippen molar-refractivity contribution < 1.29 is 9.84 Å². The van der Waals surface area contributed by atoms with Crippen molar-refractivity contribution in [2.75, 3.05) is 6.54 Å². The lowest BCUT2D eigenvalue weighted by Crippen LogP contribution is -2.30. The van der Waals surface area contributed by atoms with Gasteiger partial charge in [0.05, 0.1) is 6.04 Å². The van der Waals surface area contributed by atoms with E-state index in [0.29, 0.717) is 12.4 Å². The quantitative estimate of drug-likeness (QED) is 0.752. The molecule has 126 valence electrons. The SMILES string of the molecule is Oc1ccc2c(c1)CCNC2c1cccc(OCc2ccccc2)c1. The van der Waals surface area contributed by atoms with E-state index in [0.717, 1.165) is 24.3 Å². The second-order valence-electron chi connectivity index (χ2n) is 6.37. The number of hydrogen-bond donors (Lipinski definition) is 2. The molecule has 3 nitrogen and oxygen atoms in total. The fraction of sp³-hybridized carbons (Fsp3) is 0.182. The maximum absolute atomic E-state index is 9.73. The lowest BCUT2D eigenvalue weighted by Gasteiger charge is -2.27. The summed E-state index contributed by atoms with van der Waals surface area (Å²) in [6, 6.07) is 24.2. The van der Waals surface area contributed by atoms with Crippen LogP contribution in [0, 0.1) is 0 Å². The third-order valence-electron chi connectivity index (χ3n) is 4.62. The molecule has 1 aliphatic rings. The zero-order valence-electron chi connectivity index (χ0n) is 14.0. The van der Waals surface area contributed by atoms with E-state index >= 15 is 0 Å². The highest BCUT2D eigenvalue weighted by Crippen LogP contribution is 2.32. The van der Waals surface area contributed by atoms with Crippen LogP contribution in [0.15, 0.2) is 72.8 Å². The first-order valence-electron chi connectivity index (χ1n) is 8.61. The highest BCUT2D eigenvalue weighted by atomic mass is 16.5. The molecule has 0 radical (unpaired) electrons. The molecule has 1 aliphatic heterocycles. The number of benzene rings is 3. The Kier molecular flexibility index (Phi) is 4.40. The van der Waals surface area contributed by atoms with Gasteiger partial charge in [-0.2, -0.15) is 0 Å². The van der Waals surface area contributed by atoms with E-state index in [4.69, 9.17) is 4.74 Å². The summed E-state index contributed by atoms with van der Waals surface area (Å²) in [5.41, 5.74) is 4.77. The zero-order valence-corrected chi connectivity index (χ0v) is 14.0. The molecule has 1 heterocycles. The summed E-state index contributed by atoms with van der Waals surface area (Å²) < 4.78 is 5.96. The number of nitrogens with one attached hydrogen (secondary N) is 1. The molecule has 4 rings (SSSR count). The Morgan fingerprint density at radius 2 is 1.84 bits per heavy atom. The summed E-state index contributed by atoms with van der Waals surface area (Å²) >= 11 is 0. The summed E-state index contributed by atoms with van der Waals surface area (Å²) in [4.78, 5) is 0. The monoisotopic (exact) mass is 331 g/mol. The topological polar surface area (TPSA) is 41.5 Å². The molecule has 0 amide bonds. The first kappa shape index (κ1) is 15.7. The van der Waals surface area contributed by atoms with Gasteiger partial charge in [0.15, 0.2) is 0 Å². The Morgan fingerprint density at radius 1 is 0.960 bits per heavy atom. The smallest absolute Gasteiger partial charge is 0.120 e. The molecule has 3 heteroatoms. The van der Waals surface area contributed by atoms with Crippen LogP contribution in [-0.2, 0) is 13.0 Å². The lowest BCUT2D eigenvalue weighted by atomic mass is 9.89. The third-order valence-corrected chi connectivity index (χ3v) is 4.62. The van der Waals surface area contributed by atoms with Crippen LogP contribution in [0.5, 0.6) is 11.5 Å². The number of fused-ring (bicyclic) bond motifs is 1. The molecule has 0 saturated carbocycles. The predicted octanol–water partition coefficient (Wildman–Crippen LogP) is 4.21. The van der Waals surface area contributed by atoms with Gasteiger partial charge < -0.3 is 15.2 Å². The predicted molar refractivity (Wildman–Crippen MR) is 98.9 cm³/mol. The Balaban J connectivity index is 1.56. The van der Waals surface area contributed by atoms with Crippen LogP contribution in [0.25, 0.3) is 0 Å². The standard InChI is InChI=1S/C22H21NO2/c24-19-9-10-21-17(13-19)11-12-23-22(21)18-7-4-8-20(14-18)25-15-16-5-2-1-3-6-16/h1-10,13-14,22-24H,11-12,15H2. The van der Waals surface area contributed by atoms with Gasteiger partial charge in [-0.05, 0) is 52.9 Å². The number of aromatic hydroxyl groups is 1. The van der Waals surface area contributed by atoms with Crippen molar-refractivity contribution in [3.05, 3.63) is 95.1 Å². The van der Waals surface area contributed by atoms with Crippen LogP contribution in [-0.4, -0.2) is 11.7 Å². The van der Waals surface area contributed by atoms with Gasteiger partial charge in [-0.15, -0.1) is 0 Å². The van der Waals surface area contributed by atoms with E-state index in [9.17, 15) is 5.11 Å². The summed E-state index contributed by atoms with van der Waals surface area (Å²) in [5.74, 6) is 1.20. The van der Waals surface area contributed by atoms with Gasteiger partial charge in [0.1, 0.15) is 18.1 Å². The molecule has 0 bridgehead atoms. The molecule has 25 heavy (non-hydrogen) atoms. The molecule has 3 aromatic carbocycles. The minimum absolute atomic E-state index is 0.129. The number of rotatable bonds is 4. The molecule has 0 fully saturated rings. The van der Waals surface area contributed by atoms with Gasteiger partial charge in [0, 0.05) is 6.54 Å². The molecule has 0 spiro atoms. The number of phenolic OH excluding ortho intramolecular Hbond substituents is 1. The fourth-order valence-corrected chi connectivity index (χ4v) is 3.37. The van der Waals surface area contributed by atoms with Crippen molar-refractivity contribution in [3.63, 3.8) is 0 Å². The Morgan fingerprint density at radius 3 is 2.72 bits per heavy atom. The Bertz CT molecular complexity index is 861. The van der Waals surface area contributed by atoms with Gasteiger partial charge in [0.2, 0.25) is 0 Å². The van der Waals surface area contributed by atoms with Crippen molar-refractivity contribution in [1.29, 1.82) is 0 Å². The maximum atomic E-state index is 9.73. The van der Waals surface area contributed by atoms with E-state index in [1.807, 2.05) is 42.5 Å². The molecule has 0 saturated heterocycles. The Hall–Kier alpha value is -2.78. The van der Waals surface area contributed by atoms with Gasteiger partial charge >= 0.3 is 0 Å². The number of hydrogen-bond acceptors (Lipinski definition) is 3. The van der Waals surface area contributed by atoms with E-state index < -0.39 is 0 Å². The van der Waals surface area contributed by atoms with Gasteiger partial charge in [-0.1, -0.05) is 48.5 Å². The van der Waals surface area contributed by atoms with Gasteiger partial charge in [-0.3, -0.25) is 0 Å². The van der Waals surface area contributed by atoms with Crippen molar-refractivity contribution in [3.8, 4) is 11.5 Å². The normalized spacial score (nSPS) is 16.2. The maximum Gasteiger partial charge on any atom is 0.120 e. The molecular weight excluding hydrogens is 310 g/mol. The molecule has 0 aromatic heterocycles. The number of phenols is 1. The van der Waals surface area contributed by atoms with Crippen LogP contribution >= 0.6 is 0 Å². The van der Waals surface area contributed by atoms with Crippen molar-refractivity contribution in [1.82, 2.24) is 5.32 Å². The third kappa shape index (κ3) is 3.52. The summed E-state index contributed by atoms with van der Waals surface area (Å²) in [6.45, 7) is 1.46. The van der Waals surface area contributed by atoms with Crippen molar-refractivity contribution in [2.45, 2.75) is 19.1 Å². The zero-order chi connectivity index (χ0) is 17.1. The first-order chi connectivity index (χ1) is 12.3. The highest BCUT2D eigenvalue weighted by Gasteiger charge is 2.21. The summed E-state index contributed by atoms with van der Waals surface area (Å²) in [7, 11) is 0. The second kappa shape index (κ2) is 6.99. The van der Waals surface area contributed by atoms with Crippen molar-refractivity contribution in [2.24, 2.45) is 0 Å². The number of ether oxygens (including phenoxy) is 1. The van der Waals surface area contributed by atoms with Crippen molar-refractivity contribution >= 4 is 0 Å². The molecule has 3 aromatic rings. The highest BCUT2D eigenvalue weighted by molar-refractivity contribution is 5.44. The minimum Gasteiger partial charge on any atom is -0.508 e. The minimum atomic E-state index is 0.129. The van der Waals surface area contributed by atoms with E-state index in [1.54, 1.807) is 6.07 Å². The Labute approximate surface area is 147 Å². The molecule has 1 atom stereocenters. The van der Waals surface area contributed by atoms with Gasteiger partial charge in [0.25, 0.3) is 0 Å². The molecule has 2 N–H and O–H groups in total. The van der Waals surface area contributed by atoms with E-state index in [2.05, 4.69) is 29.6 Å².